The number of amides is 1. The van der Waals surface area contributed by atoms with E-state index in [0.29, 0.717) is 0 Å². The lowest BCUT2D eigenvalue weighted by Crippen LogP contribution is -2.43. The lowest BCUT2D eigenvalue weighted by Gasteiger charge is -2.22. The Balaban J connectivity index is 2.77. The van der Waals surface area contributed by atoms with Crippen molar-refractivity contribution in [3.63, 3.8) is 0 Å². The topological polar surface area (TPSA) is 95.0 Å². The van der Waals surface area contributed by atoms with Crippen LogP contribution in [0.4, 0.5) is 0 Å². The zero-order valence-electron chi connectivity index (χ0n) is 11.1. The highest BCUT2D eigenvalue weighted by Crippen LogP contribution is 2.19. The number of carboxylic acid groups (broad SMARTS) is 1. The van der Waals surface area contributed by atoms with Gasteiger partial charge in [-0.25, -0.2) is 8.42 Å². The maximum Gasteiger partial charge on any atom is 0.323 e. The second-order valence-electron chi connectivity index (χ2n) is 3.99. The summed E-state index contributed by atoms with van der Waals surface area (Å²) in [6, 6.07) is 3.06. The van der Waals surface area contributed by atoms with Crippen LogP contribution in [0, 0.1) is 0 Å². The van der Waals surface area contributed by atoms with E-state index in [9.17, 15) is 18.0 Å². The van der Waals surface area contributed by atoms with Crippen LogP contribution in [0.15, 0.2) is 21.7 Å². The Bertz CT molecular complexity index is 568. The van der Waals surface area contributed by atoms with Gasteiger partial charge in [-0.3, -0.25) is 9.59 Å². The van der Waals surface area contributed by atoms with Gasteiger partial charge in [-0.05, 0) is 18.4 Å². The molecule has 0 aliphatic rings. The zero-order chi connectivity index (χ0) is 15.3. The molecule has 0 spiro atoms. The Labute approximate surface area is 121 Å². The molecule has 1 rings (SSSR count). The number of sulfonamides is 1. The Morgan fingerprint density at radius 1 is 1.35 bits per heavy atom. The van der Waals surface area contributed by atoms with Gasteiger partial charge in [-0.2, -0.15) is 4.31 Å². The maximum atomic E-state index is 12.1. The van der Waals surface area contributed by atoms with Crippen molar-refractivity contribution in [2.24, 2.45) is 0 Å². The van der Waals surface area contributed by atoms with E-state index in [1.807, 2.05) is 0 Å². The highest BCUT2D eigenvalue weighted by Gasteiger charge is 2.26. The van der Waals surface area contributed by atoms with Crippen LogP contribution in [0.5, 0.6) is 0 Å². The molecule has 1 aromatic rings. The smallest absolute Gasteiger partial charge is 0.323 e. The van der Waals surface area contributed by atoms with E-state index in [4.69, 9.17) is 5.11 Å². The summed E-state index contributed by atoms with van der Waals surface area (Å²) in [6.07, 6.45) is 0. The van der Waals surface area contributed by atoms with Crippen LogP contribution in [0.25, 0.3) is 0 Å². The summed E-state index contributed by atoms with van der Waals surface area (Å²) in [5.41, 5.74) is 0. The van der Waals surface area contributed by atoms with E-state index < -0.39 is 28.4 Å². The van der Waals surface area contributed by atoms with E-state index in [0.717, 1.165) is 20.5 Å². The fourth-order valence-electron chi connectivity index (χ4n) is 1.48. The first-order chi connectivity index (χ1) is 9.28. The third-order valence-electron chi connectivity index (χ3n) is 2.58. The second kappa shape index (κ2) is 6.82. The zero-order valence-corrected chi connectivity index (χ0v) is 12.8. The molecule has 9 heteroatoms. The summed E-state index contributed by atoms with van der Waals surface area (Å²) in [7, 11) is -2.41. The fraction of sp³-hybridized carbons (Fsp3) is 0.455. The molecule has 7 nitrogen and oxygen atoms in total. The van der Waals surface area contributed by atoms with Crippen molar-refractivity contribution in [1.29, 1.82) is 0 Å². The molecule has 0 saturated heterocycles. The number of aliphatic carboxylic acids is 1. The number of thiophene rings is 1. The van der Waals surface area contributed by atoms with Crippen molar-refractivity contribution in [3.05, 3.63) is 17.5 Å². The van der Waals surface area contributed by atoms with Gasteiger partial charge in [0.1, 0.15) is 10.8 Å². The van der Waals surface area contributed by atoms with Gasteiger partial charge in [-0.1, -0.05) is 6.07 Å². The van der Waals surface area contributed by atoms with Gasteiger partial charge in [0.2, 0.25) is 5.91 Å². The minimum Gasteiger partial charge on any atom is -0.480 e. The first-order valence-electron chi connectivity index (χ1n) is 5.78. The Hall–Kier alpha value is -1.45. The predicted octanol–water partition coefficient (Wildman–Crippen LogP) is 0.302. The highest BCUT2D eigenvalue weighted by atomic mass is 32.2. The van der Waals surface area contributed by atoms with Gasteiger partial charge < -0.3 is 10.0 Å². The molecule has 1 N–H and O–H groups in total. The normalized spacial score (nSPS) is 11.6. The van der Waals surface area contributed by atoms with Gasteiger partial charge in [-0.15, -0.1) is 11.3 Å². The van der Waals surface area contributed by atoms with Crippen molar-refractivity contribution < 1.29 is 23.1 Å². The summed E-state index contributed by atoms with van der Waals surface area (Å²) in [5.74, 6) is -1.68. The third-order valence-corrected chi connectivity index (χ3v) is 5.75. The van der Waals surface area contributed by atoms with E-state index >= 15 is 0 Å². The summed E-state index contributed by atoms with van der Waals surface area (Å²) in [6.45, 7) is 1.01. The largest absolute Gasteiger partial charge is 0.480 e. The molecule has 0 saturated carbocycles. The van der Waals surface area contributed by atoms with Crippen molar-refractivity contribution in [1.82, 2.24) is 9.21 Å². The molecule has 0 radical (unpaired) electrons. The van der Waals surface area contributed by atoms with Gasteiger partial charge in [0.05, 0.1) is 6.54 Å². The number of nitrogens with zero attached hydrogens (tertiary/aromatic N) is 2. The molecule has 0 unspecified atom stereocenters. The average molecular weight is 320 g/mol. The molecule has 0 atom stereocenters. The molecule has 20 heavy (non-hydrogen) atoms. The number of likely N-dealkylation sites (N-methyl/N-ethyl adjacent to an activating group) is 2. The number of hydrogen-bond acceptors (Lipinski definition) is 5. The molecule has 1 aromatic heterocycles. The molecule has 112 valence electrons. The van der Waals surface area contributed by atoms with Crippen molar-refractivity contribution in [2.75, 3.05) is 26.7 Å². The minimum absolute atomic E-state index is 0.147. The number of rotatable bonds is 7. The first-order valence-corrected chi connectivity index (χ1v) is 8.10. The maximum absolute atomic E-state index is 12.1. The fourth-order valence-corrected chi connectivity index (χ4v) is 3.80. The minimum atomic E-state index is -3.70. The summed E-state index contributed by atoms with van der Waals surface area (Å²) >= 11 is 1.06. The van der Waals surface area contributed by atoms with Gasteiger partial charge in [0.15, 0.2) is 0 Å². The summed E-state index contributed by atoms with van der Waals surface area (Å²) in [5, 5.41) is 10.3. The van der Waals surface area contributed by atoms with Crippen LogP contribution >= 0.6 is 11.3 Å². The van der Waals surface area contributed by atoms with E-state index in [1.165, 1.54) is 13.1 Å². The molecule has 0 aliphatic carbocycles. The quantitative estimate of drug-likeness (QED) is 0.780. The second-order valence-corrected chi connectivity index (χ2v) is 7.21. The number of carbonyl (C=O) groups is 2. The Morgan fingerprint density at radius 2 is 2.00 bits per heavy atom. The van der Waals surface area contributed by atoms with Crippen LogP contribution in [0.2, 0.25) is 0 Å². The van der Waals surface area contributed by atoms with Gasteiger partial charge in [0.25, 0.3) is 10.0 Å². The summed E-state index contributed by atoms with van der Waals surface area (Å²) < 4.78 is 25.3. The van der Waals surface area contributed by atoms with Crippen LogP contribution in [-0.2, 0) is 19.6 Å². The summed E-state index contributed by atoms with van der Waals surface area (Å²) in [4.78, 5) is 23.6. The van der Waals surface area contributed by atoms with Crippen LogP contribution in [0.1, 0.15) is 6.92 Å². The van der Waals surface area contributed by atoms with E-state index in [1.54, 1.807) is 18.4 Å². The average Bonchev–Trinajstić information content (AvgIpc) is 2.89. The standard InChI is InChI=1S/C11H16N2O5S2/c1-3-13(8-10(15)16)9(14)7-12(2)20(17,18)11-5-4-6-19-11/h4-6H,3,7-8H2,1-2H3,(H,15,16). The Morgan fingerprint density at radius 3 is 2.45 bits per heavy atom. The molecule has 0 aromatic carbocycles. The van der Waals surface area contributed by atoms with Gasteiger partial charge >= 0.3 is 5.97 Å². The van der Waals surface area contributed by atoms with Crippen molar-refractivity contribution in [3.8, 4) is 0 Å². The monoisotopic (exact) mass is 320 g/mol. The van der Waals surface area contributed by atoms with Crippen molar-refractivity contribution in [2.45, 2.75) is 11.1 Å². The molecule has 0 aliphatic heterocycles. The third kappa shape index (κ3) is 4.02. The highest BCUT2D eigenvalue weighted by molar-refractivity contribution is 7.91. The predicted molar refractivity (Wildman–Crippen MR) is 74.0 cm³/mol. The molecular formula is C11H16N2O5S2. The molecular weight excluding hydrogens is 304 g/mol. The molecule has 1 heterocycles. The van der Waals surface area contributed by atoms with Crippen molar-refractivity contribution >= 4 is 33.2 Å². The lowest BCUT2D eigenvalue weighted by atomic mass is 10.4. The lowest BCUT2D eigenvalue weighted by molar-refractivity contribution is -0.144. The van der Waals surface area contributed by atoms with E-state index in [-0.39, 0.29) is 17.3 Å². The molecule has 0 bridgehead atoms. The SMILES string of the molecule is CCN(CC(=O)O)C(=O)CN(C)S(=O)(=O)c1cccs1. The molecule has 0 fully saturated rings. The van der Waals surface area contributed by atoms with Crippen LogP contribution in [0.3, 0.4) is 0 Å². The van der Waals surface area contributed by atoms with Gasteiger partial charge in [0, 0.05) is 13.6 Å². The van der Waals surface area contributed by atoms with Crippen LogP contribution in [-0.4, -0.2) is 61.3 Å². The molecule has 1 amide bonds. The van der Waals surface area contributed by atoms with E-state index in [2.05, 4.69) is 0 Å². The first kappa shape index (κ1) is 16.6. The number of hydrogen-bond donors (Lipinski definition) is 1. The Kier molecular flexibility index (Phi) is 5.66. The number of carbonyl (C=O) groups excluding carboxylic acids is 1. The van der Waals surface area contributed by atoms with Crippen LogP contribution < -0.4 is 0 Å². The number of carboxylic acids is 1.